The van der Waals surface area contributed by atoms with Crippen LogP contribution in [0.25, 0.3) is 0 Å². The summed E-state index contributed by atoms with van der Waals surface area (Å²) in [6, 6.07) is 0. The molecule has 0 bridgehead atoms. The monoisotopic (exact) mass is 183 g/mol. The van der Waals surface area contributed by atoms with Crippen molar-refractivity contribution in [3.8, 4) is 0 Å². The van der Waals surface area contributed by atoms with Crippen LogP contribution < -0.4 is 6.15 Å². The molecular formula is C5H13NO4S. The Balaban J connectivity index is 0. The Morgan fingerprint density at radius 1 is 1.45 bits per heavy atom. The van der Waals surface area contributed by atoms with Gasteiger partial charge in [-0.1, -0.05) is 6.08 Å². The molecule has 0 fully saturated rings. The zero-order valence-electron chi connectivity index (χ0n) is 6.45. The van der Waals surface area contributed by atoms with Crippen molar-refractivity contribution in [2.75, 3.05) is 13.2 Å². The van der Waals surface area contributed by atoms with Crippen LogP contribution in [-0.2, 0) is 18.8 Å². The summed E-state index contributed by atoms with van der Waals surface area (Å²) in [7, 11) is -3.77. The average Bonchev–Trinajstić information content (AvgIpc) is 1.84. The second kappa shape index (κ2) is 6.29. The Bertz CT molecular complexity index is 187. The van der Waals surface area contributed by atoms with Crippen molar-refractivity contribution in [2.45, 2.75) is 6.92 Å². The summed E-state index contributed by atoms with van der Waals surface area (Å²) in [5.41, 5.74) is 0. The third-order valence-corrected chi connectivity index (χ3v) is 1.54. The lowest BCUT2D eigenvalue weighted by Gasteiger charge is -1.99. The minimum absolute atomic E-state index is 0. The van der Waals surface area contributed by atoms with Crippen molar-refractivity contribution in [3.05, 3.63) is 12.7 Å². The lowest BCUT2D eigenvalue weighted by atomic mass is 10.7. The molecule has 0 atom stereocenters. The molecule has 6 heteroatoms. The Morgan fingerprint density at radius 2 is 2.00 bits per heavy atom. The molecule has 0 unspecified atom stereocenters. The van der Waals surface area contributed by atoms with Gasteiger partial charge in [0.05, 0.1) is 13.2 Å². The molecule has 5 nitrogen and oxygen atoms in total. The molecule has 0 saturated heterocycles. The van der Waals surface area contributed by atoms with Crippen LogP contribution in [0.15, 0.2) is 12.7 Å². The molecule has 3 N–H and O–H groups in total. The highest BCUT2D eigenvalue weighted by atomic mass is 32.3. The molecule has 0 radical (unpaired) electrons. The van der Waals surface area contributed by atoms with Crippen LogP contribution in [0.5, 0.6) is 0 Å². The smallest absolute Gasteiger partial charge is 0.344 e. The SMILES string of the molecule is C=CCOS(=O)(=O)OCC.N. The maximum atomic E-state index is 10.5. The highest BCUT2D eigenvalue weighted by Crippen LogP contribution is 1.94. The molecule has 0 amide bonds. The zero-order valence-corrected chi connectivity index (χ0v) is 7.26. The van der Waals surface area contributed by atoms with Gasteiger partial charge >= 0.3 is 10.4 Å². The van der Waals surface area contributed by atoms with Crippen molar-refractivity contribution in [1.82, 2.24) is 6.15 Å². The van der Waals surface area contributed by atoms with Crippen molar-refractivity contribution in [2.24, 2.45) is 0 Å². The van der Waals surface area contributed by atoms with Crippen LogP contribution in [-0.4, -0.2) is 21.6 Å². The molecular weight excluding hydrogens is 170 g/mol. The molecule has 0 heterocycles. The topological polar surface area (TPSA) is 87.6 Å². The average molecular weight is 183 g/mol. The largest absolute Gasteiger partial charge is 0.400 e. The summed E-state index contributed by atoms with van der Waals surface area (Å²) in [5.74, 6) is 0. The van der Waals surface area contributed by atoms with Crippen LogP contribution in [0.2, 0.25) is 0 Å². The third kappa shape index (κ3) is 7.47. The number of hydrogen-bond donors (Lipinski definition) is 1. The Morgan fingerprint density at radius 3 is 2.36 bits per heavy atom. The standard InChI is InChI=1S/C5H10O4S.H3N/c1-3-5-9-10(6,7)8-4-2;/h3H,1,4-5H2,2H3;1H3. The summed E-state index contributed by atoms with van der Waals surface area (Å²) < 4.78 is 29.5. The van der Waals surface area contributed by atoms with Crippen LogP contribution in [0, 0.1) is 0 Å². The number of rotatable bonds is 5. The second-order valence-corrected chi connectivity index (χ2v) is 2.68. The van der Waals surface area contributed by atoms with E-state index in [1.807, 2.05) is 0 Å². The Hall–Kier alpha value is -0.430. The minimum atomic E-state index is -3.77. The van der Waals surface area contributed by atoms with Gasteiger partial charge in [-0.15, -0.1) is 6.58 Å². The normalized spacial score (nSPS) is 10.3. The molecule has 0 rings (SSSR count). The quantitative estimate of drug-likeness (QED) is 0.631. The molecule has 0 aromatic heterocycles. The summed E-state index contributed by atoms with van der Waals surface area (Å²) in [5, 5.41) is 0. The van der Waals surface area contributed by atoms with E-state index >= 15 is 0 Å². The maximum absolute atomic E-state index is 10.5. The molecule has 0 aliphatic rings. The van der Waals surface area contributed by atoms with E-state index in [-0.39, 0.29) is 19.4 Å². The lowest BCUT2D eigenvalue weighted by molar-refractivity contribution is 0.239. The Kier molecular flexibility index (Phi) is 7.54. The fourth-order valence-electron chi connectivity index (χ4n) is 0.310. The summed E-state index contributed by atoms with van der Waals surface area (Å²) in [6.45, 7) is 4.87. The Labute approximate surface area is 66.9 Å². The molecule has 0 saturated carbocycles. The van der Waals surface area contributed by atoms with Crippen LogP contribution in [0.1, 0.15) is 6.92 Å². The zero-order chi connectivity index (χ0) is 8.04. The first-order valence-corrected chi connectivity index (χ1v) is 4.10. The van der Waals surface area contributed by atoms with Crippen molar-refractivity contribution in [3.63, 3.8) is 0 Å². The van der Waals surface area contributed by atoms with E-state index in [0.717, 1.165) is 0 Å². The molecule has 0 aromatic rings. The van der Waals surface area contributed by atoms with Crippen molar-refractivity contribution < 1.29 is 16.8 Å². The van der Waals surface area contributed by atoms with Gasteiger partial charge in [-0.2, -0.15) is 8.42 Å². The lowest BCUT2D eigenvalue weighted by Crippen LogP contribution is -2.09. The second-order valence-electron chi connectivity index (χ2n) is 1.39. The van der Waals surface area contributed by atoms with E-state index in [4.69, 9.17) is 0 Å². The van der Waals surface area contributed by atoms with E-state index < -0.39 is 10.4 Å². The minimum Gasteiger partial charge on any atom is -0.344 e. The first-order chi connectivity index (χ1) is 4.62. The van der Waals surface area contributed by atoms with Crippen molar-refractivity contribution >= 4 is 10.4 Å². The van der Waals surface area contributed by atoms with Gasteiger partial charge in [-0.25, -0.2) is 8.37 Å². The molecule has 11 heavy (non-hydrogen) atoms. The van der Waals surface area contributed by atoms with Gasteiger partial charge in [-0.05, 0) is 6.92 Å². The van der Waals surface area contributed by atoms with Gasteiger partial charge in [0.25, 0.3) is 0 Å². The van der Waals surface area contributed by atoms with Gasteiger partial charge in [0.1, 0.15) is 0 Å². The molecule has 0 spiro atoms. The van der Waals surface area contributed by atoms with E-state index in [1.165, 1.54) is 6.08 Å². The van der Waals surface area contributed by atoms with Crippen LogP contribution in [0.4, 0.5) is 0 Å². The van der Waals surface area contributed by atoms with E-state index in [9.17, 15) is 8.42 Å². The highest BCUT2D eigenvalue weighted by molar-refractivity contribution is 7.81. The van der Waals surface area contributed by atoms with E-state index in [0.29, 0.717) is 0 Å². The van der Waals surface area contributed by atoms with E-state index in [2.05, 4.69) is 14.9 Å². The fraction of sp³-hybridized carbons (Fsp3) is 0.600. The predicted octanol–water partition coefficient (Wildman–Crippen LogP) is 0.632. The van der Waals surface area contributed by atoms with Gasteiger partial charge in [0, 0.05) is 0 Å². The predicted molar refractivity (Wildman–Crippen MR) is 41.7 cm³/mol. The van der Waals surface area contributed by atoms with Gasteiger partial charge in [0.2, 0.25) is 0 Å². The van der Waals surface area contributed by atoms with Crippen molar-refractivity contribution in [1.29, 1.82) is 0 Å². The maximum Gasteiger partial charge on any atom is 0.400 e. The van der Waals surface area contributed by atoms with E-state index in [1.54, 1.807) is 6.92 Å². The van der Waals surface area contributed by atoms with Crippen LogP contribution >= 0.6 is 0 Å². The molecule has 0 aromatic carbocycles. The molecule has 0 aliphatic carbocycles. The first kappa shape index (κ1) is 13.2. The van der Waals surface area contributed by atoms with Gasteiger partial charge < -0.3 is 6.15 Å². The molecule has 68 valence electrons. The van der Waals surface area contributed by atoms with Gasteiger partial charge in [0.15, 0.2) is 0 Å². The number of hydrogen-bond acceptors (Lipinski definition) is 5. The third-order valence-electron chi connectivity index (χ3n) is 0.592. The molecule has 0 aliphatic heterocycles. The van der Waals surface area contributed by atoms with Crippen LogP contribution in [0.3, 0.4) is 0 Å². The highest BCUT2D eigenvalue weighted by Gasteiger charge is 2.07. The summed E-state index contributed by atoms with van der Waals surface area (Å²) in [6.07, 6.45) is 1.33. The fourth-order valence-corrected chi connectivity index (χ4v) is 0.929. The summed E-state index contributed by atoms with van der Waals surface area (Å²) in [4.78, 5) is 0. The summed E-state index contributed by atoms with van der Waals surface area (Å²) >= 11 is 0. The van der Waals surface area contributed by atoms with Gasteiger partial charge in [-0.3, -0.25) is 0 Å². The first-order valence-electron chi connectivity index (χ1n) is 2.77.